The summed E-state index contributed by atoms with van der Waals surface area (Å²) in [5, 5.41) is 0.660. The van der Waals surface area contributed by atoms with E-state index in [1.54, 1.807) is 0 Å². The molecule has 1 fully saturated rings. The fourth-order valence-corrected chi connectivity index (χ4v) is 3.09. The Labute approximate surface area is 142 Å². The lowest BCUT2D eigenvalue weighted by atomic mass is 10.00. The first kappa shape index (κ1) is 15.8. The summed E-state index contributed by atoms with van der Waals surface area (Å²) >= 11 is 6.28. The van der Waals surface area contributed by atoms with Crippen molar-refractivity contribution in [2.45, 2.75) is 19.3 Å². The molecular formula is C20H20ClNO. The molecule has 3 rings (SSSR count). The van der Waals surface area contributed by atoms with E-state index in [9.17, 15) is 4.79 Å². The zero-order valence-electron chi connectivity index (χ0n) is 13.0. The van der Waals surface area contributed by atoms with Gasteiger partial charge in [-0.05, 0) is 42.5 Å². The Morgan fingerprint density at radius 3 is 2.26 bits per heavy atom. The SMILES string of the molecule is O=C(/C(=C/c1ccccc1Cl)c1ccccc1)N1CCCCC1. The quantitative estimate of drug-likeness (QED) is 0.581. The lowest BCUT2D eigenvalue weighted by Gasteiger charge is -2.28. The summed E-state index contributed by atoms with van der Waals surface area (Å²) in [6.45, 7) is 1.68. The van der Waals surface area contributed by atoms with Gasteiger partial charge in [-0.3, -0.25) is 4.79 Å². The zero-order valence-corrected chi connectivity index (χ0v) is 13.8. The minimum atomic E-state index is 0.0934. The number of amides is 1. The molecule has 2 nitrogen and oxygen atoms in total. The Bertz CT molecular complexity index is 703. The van der Waals surface area contributed by atoms with Crippen molar-refractivity contribution in [1.29, 1.82) is 0 Å². The monoisotopic (exact) mass is 325 g/mol. The van der Waals surface area contributed by atoms with Crippen molar-refractivity contribution in [1.82, 2.24) is 4.90 Å². The van der Waals surface area contributed by atoms with Crippen LogP contribution in [0.5, 0.6) is 0 Å². The molecule has 23 heavy (non-hydrogen) atoms. The van der Waals surface area contributed by atoms with E-state index in [-0.39, 0.29) is 5.91 Å². The molecule has 0 aliphatic carbocycles. The maximum absolute atomic E-state index is 13.0. The Hall–Kier alpha value is -2.06. The normalized spacial score (nSPS) is 15.5. The molecule has 2 aromatic carbocycles. The summed E-state index contributed by atoms with van der Waals surface area (Å²) in [5.41, 5.74) is 2.52. The third-order valence-electron chi connectivity index (χ3n) is 4.16. The number of likely N-dealkylation sites (tertiary alicyclic amines) is 1. The van der Waals surface area contributed by atoms with Gasteiger partial charge in [-0.15, -0.1) is 0 Å². The number of carbonyl (C=O) groups excluding carboxylic acids is 1. The van der Waals surface area contributed by atoms with Crippen LogP contribution in [0.1, 0.15) is 30.4 Å². The molecule has 1 saturated heterocycles. The topological polar surface area (TPSA) is 20.3 Å². The zero-order chi connectivity index (χ0) is 16.1. The lowest BCUT2D eigenvalue weighted by Crippen LogP contribution is -2.36. The fraction of sp³-hybridized carbons (Fsp3) is 0.250. The Balaban J connectivity index is 2.00. The maximum atomic E-state index is 13.0. The third kappa shape index (κ3) is 3.83. The van der Waals surface area contributed by atoms with Crippen molar-refractivity contribution in [3.8, 4) is 0 Å². The van der Waals surface area contributed by atoms with E-state index >= 15 is 0 Å². The first-order valence-corrected chi connectivity index (χ1v) is 8.44. The molecule has 1 heterocycles. The molecular weight excluding hydrogens is 306 g/mol. The standard InChI is InChI=1S/C20H20ClNO/c21-19-12-6-5-11-17(19)15-18(16-9-3-1-4-10-16)20(23)22-13-7-2-8-14-22/h1,3-6,9-12,15H,2,7-8,13-14H2/b18-15+. The van der Waals surface area contributed by atoms with Crippen LogP contribution >= 0.6 is 11.6 Å². The number of hydrogen-bond donors (Lipinski definition) is 0. The number of rotatable bonds is 3. The van der Waals surface area contributed by atoms with Gasteiger partial charge in [0, 0.05) is 23.7 Å². The van der Waals surface area contributed by atoms with E-state index in [4.69, 9.17) is 11.6 Å². The molecule has 1 aliphatic heterocycles. The van der Waals surface area contributed by atoms with Crippen LogP contribution in [-0.4, -0.2) is 23.9 Å². The molecule has 0 atom stereocenters. The van der Waals surface area contributed by atoms with Gasteiger partial charge < -0.3 is 4.90 Å². The van der Waals surface area contributed by atoms with E-state index in [1.165, 1.54) is 6.42 Å². The molecule has 0 aromatic heterocycles. The second kappa shape index (κ2) is 7.47. The molecule has 0 spiro atoms. The van der Waals surface area contributed by atoms with Crippen LogP contribution in [0.25, 0.3) is 11.6 Å². The van der Waals surface area contributed by atoms with Gasteiger partial charge in [0.1, 0.15) is 0 Å². The third-order valence-corrected chi connectivity index (χ3v) is 4.51. The van der Waals surface area contributed by atoms with E-state index in [1.807, 2.05) is 65.6 Å². The molecule has 3 heteroatoms. The van der Waals surface area contributed by atoms with Crippen LogP contribution in [0.3, 0.4) is 0 Å². The summed E-state index contributed by atoms with van der Waals surface area (Å²) < 4.78 is 0. The molecule has 1 amide bonds. The minimum absolute atomic E-state index is 0.0934. The first-order chi connectivity index (χ1) is 11.3. The number of carbonyl (C=O) groups is 1. The highest BCUT2D eigenvalue weighted by atomic mass is 35.5. The van der Waals surface area contributed by atoms with Gasteiger partial charge in [0.05, 0.1) is 0 Å². The van der Waals surface area contributed by atoms with Crippen molar-refractivity contribution >= 4 is 29.2 Å². The van der Waals surface area contributed by atoms with Crippen molar-refractivity contribution < 1.29 is 4.79 Å². The van der Waals surface area contributed by atoms with Gasteiger partial charge in [0.15, 0.2) is 0 Å². The molecule has 0 unspecified atom stereocenters. The first-order valence-electron chi connectivity index (χ1n) is 8.06. The van der Waals surface area contributed by atoms with Crippen LogP contribution in [0.15, 0.2) is 54.6 Å². The van der Waals surface area contributed by atoms with Crippen molar-refractivity contribution in [3.63, 3.8) is 0 Å². The highest BCUT2D eigenvalue weighted by Gasteiger charge is 2.21. The maximum Gasteiger partial charge on any atom is 0.254 e. The number of halogens is 1. The van der Waals surface area contributed by atoms with E-state index < -0.39 is 0 Å². The second-order valence-electron chi connectivity index (χ2n) is 5.80. The van der Waals surface area contributed by atoms with Crippen LogP contribution < -0.4 is 0 Å². The summed E-state index contributed by atoms with van der Waals surface area (Å²) in [5.74, 6) is 0.0934. The van der Waals surface area contributed by atoms with Gasteiger partial charge in [-0.1, -0.05) is 60.1 Å². The molecule has 0 N–H and O–H groups in total. The van der Waals surface area contributed by atoms with Crippen LogP contribution in [-0.2, 0) is 4.79 Å². The molecule has 2 aromatic rings. The van der Waals surface area contributed by atoms with Crippen LogP contribution in [0.4, 0.5) is 0 Å². The predicted octanol–water partition coefficient (Wildman–Crippen LogP) is 4.89. The minimum Gasteiger partial charge on any atom is -0.339 e. The fourth-order valence-electron chi connectivity index (χ4n) is 2.90. The van der Waals surface area contributed by atoms with Gasteiger partial charge in [0.2, 0.25) is 0 Å². The number of benzene rings is 2. The number of piperidine rings is 1. The molecule has 0 radical (unpaired) electrons. The number of hydrogen-bond acceptors (Lipinski definition) is 1. The molecule has 118 valence electrons. The van der Waals surface area contributed by atoms with Gasteiger partial charge >= 0.3 is 0 Å². The largest absolute Gasteiger partial charge is 0.339 e. The van der Waals surface area contributed by atoms with Crippen molar-refractivity contribution in [2.75, 3.05) is 13.1 Å². The van der Waals surface area contributed by atoms with Gasteiger partial charge in [-0.25, -0.2) is 0 Å². The average molecular weight is 326 g/mol. The highest BCUT2D eigenvalue weighted by Crippen LogP contribution is 2.25. The second-order valence-corrected chi connectivity index (χ2v) is 6.21. The van der Waals surface area contributed by atoms with E-state index in [2.05, 4.69) is 0 Å². The summed E-state index contributed by atoms with van der Waals surface area (Å²) in [7, 11) is 0. The molecule has 1 aliphatic rings. The van der Waals surface area contributed by atoms with Crippen LogP contribution in [0, 0.1) is 0 Å². The predicted molar refractivity (Wildman–Crippen MR) is 96.2 cm³/mol. The lowest BCUT2D eigenvalue weighted by molar-refractivity contribution is -0.125. The Morgan fingerprint density at radius 2 is 1.57 bits per heavy atom. The molecule has 0 bridgehead atoms. The van der Waals surface area contributed by atoms with E-state index in [0.29, 0.717) is 10.6 Å². The smallest absolute Gasteiger partial charge is 0.254 e. The van der Waals surface area contributed by atoms with Gasteiger partial charge in [0.25, 0.3) is 5.91 Å². The van der Waals surface area contributed by atoms with Crippen molar-refractivity contribution in [2.24, 2.45) is 0 Å². The van der Waals surface area contributed by atoms with Crippen LogP contribution in [0.2, 0.25) is 5.02 Å². The summed E-state index contributed by atoms with van der Waals surface area (Å²) in [6, 6.07) is 17.5. The summed E-state index contributed by atoms with van der Waals surface area (Å²) in [4.78, 5) is 15.0. The van der Waals surface area contributed by atoms with Crippen molar-refractivity contribution in [3.05, 3.63) is 70.7 Å². The van der Waals surface area contributed by atoms with E-state index in [0.717, 1.165) is 37.1 Å². The Morgan fingerprint density at radius 1 is 0.913 bits per heavy atom. The average Bonchev–Trinajstić information content (AvgIpc) is 2.62. The highest BCUT2D eigenvalue weighted by molar-refractivity contribution is 6.33. The van der Waals surface area contributed by atoms with Gasteiger partial charge in [-0.2, -0.15) is 0 Å². The number of nitrogens with zero attached hydrogens (tertiary/aromatic N) is 1. The summed E-state index contributed by atoms with van der Waals surface area (Å²) in [6.07, 6.45) is 5.28. The molecule has 0 saturated carbocycles. The Kier molecular flexibility index (Phi) is 5.14.